The van der Waals surface area contributed by atoms with Crippen LogP contribution in [0.4, 0.5) is 4.39 Å². The number of benzene rings is 2. The van der Waals surface area contributed by atoms with Gasteiger partial charge in [-0.3, -0.25) is 14.6 Å². The van der Waals surface area contributed by atoms with Gasteiger partial charge in [-0.2, -0.15) is 0 Å². The predicted molar refractivity (Wildman–Crippen MR) is 97.1 cm³/mol. The number of carbonyl (C=O) groups excluding carboxylic acids is 2. The lowest BCUT2D eigenvalue weighted by Gasteiger charge is -2.17. The third-order valence-corrected chi connectivity index (χ3v) is 4.24. The molecule has 0 radical (unpaired) electrons. The second kappa shape index (κ2) is 7.27. The molecule has 0 spiro atoms. The Morgan fingerprint density at radius 2 is 1.62 bits per heavy atom. The van der Waals surface area contributed by atoms with Crippen molar-refractivity contribution in [3.63, 3.8) is 0 Å². The molecule has 3 aromatic rings. The molecule has 1 amide bonds. The zero-order chi connectivity index (χ0) is 18.7. The largest absolute Gasteiger partial charge is 0.366 e. The number of pyridine rings is 1. The third-order valence-electron chi connectivity index (χ3n) is 4.24. The van der Waals surface area contributed by atoms with Crippen molar-refractivity contribution in [2.24, 2.45) is 5.73 Å². The van der Waals surface area contributed by atoms with Gasteiger partial charge in [0.15, 0.2) is 0 Å². The monoisotopic (exact) mass is 348 g/mol. The molecule has 1 unspecified atom stereocenters. The minimum absolute atomic E-state index is 0.0545. The lowest BCUT2D eigenvalue weighted by Crippen LogP contribution is -2.16. The van der Waals surface area contributed by atoms with Gasteiger partial charge in [0, 0.05) is 18.0 Å². The fraction of sp³-hybridized carbons (Fsp3) is 0.0952. The summed E-state index contributed by atoms with van der Waals surface area (Å²) in [5.74, 6) is -1.54. The second-order valence-corrected chi connectivity index (χ2v) is 6.00. The van der Waals surface area contributed by atoms with Crippen LogP contribution in [0.2, 0.25) is 0 Å². The fourth-order valence-corrected chi connectivity index (χ4v) is 3.04. The Morgan fingerprint density at radius 3 is 2.19 bits per heavy atom. The number of primary amides is 1. The smallest absolute Gasteiger partial charge is 0.249 e. The molecular weight excluding hydrogens is 331 g/mol. The van der Waals surface area contributed by atoms with Crippen LogP contribution in [-0.2, 0) is 4.79 Å². The van der Waals surface area contributed by atoms with Crippen LogP contribution in [0.5, 0.6) is 0 Å². The van der Waals surface area contributed by atoms with E-state index in [1.165, 1.54) is 19.1 Å². The van der Waals surface area contributed by atoms with Crippen LogP contribution in [0, 0.1) is 5.82 Å². The molecule has 0 bridgehead atoms. The van der Waals surface area contributed by atoms with E-state index >= 15 is 0 Å². The highest BCUT2D eigenvalue weighted by Crippen LogP contribution is 2.31. The molecule has 0 fully saturated rings. The van der Waals surface area contributed by atoms with Gasteiger partial charge in [-0.15, -0.1) is 0 Å². The van der Waals surface area contributed by atoms with E-state index < -0.39 is 11.8 Å². The summed E-state index contributed by atoms with van der Waals surface area (Å²) in [5, 5.41) is 0. The number of nitrogens with two attached hydrogens (primary N) is 1. The van der Waals surface area contributed by atoms with Gasteiger partial charge in [-0.1, -0.05) is 24.3 Å². The van der Waals surface area contributed by atoms with E-state index in [0.717, 1.165) is 5.56 Å². The summed E-state index contributed by atoms with van der Waals surface area (Å²) in [6.45, 7) is 1.50. The second-order valence-electron chi connectivity index (χ2n) is 6.00. The quantitative estimate of drug-likeness (QED) is 0.764. The average molecular weight is 348 g/mol. The number of carbonyl (C=O) groups is 2. The lowest BCUT2D eigenvalue weighted by atomic mass is 9.86. The highest BCUT2D eigenvalue weighted by Gasteiger charge is 2.21. The Labute approximate surface area is 150 Å². The summed E-state index contributed by atoms with van der Waals surface area (Å²) in [6, 6.07) is 14.5. The van der Waals surface area contributed by atoms with Gasteiger partial charge in [-0.05, 0) is 59.5 Å². The number of Topliss-reactive ketones (excluding diaryl/α,β-unsaturated/α-hetero) is 1. The molecule has 2 N–H and O–H groups in total. The average Bonchev–Trinajstić information content (AvgIpc) is 2.63. The number of amides is 1. The fourth-order valence-electron chi connectivity index (χ4n) is 3.04. The number of rotatable bonds is 5. The van der Waals surface area contributed by atoms with E-state index in [4.69, 9.17) is 5.73 Å². The van der Waals surface area contributed by atoms with Crippen LogP contribution >= 0.6 is 0 Å². The van der Waals surface area contributed by atoms with Gasteiger partial charge >= 0.3 is 0 Å². The molecule has 0 aliphatic rings. The van der Waals surface area contributed by atoms with Crippen LogP contribution < -0.4 is 5.73 Å². The van der Waals surface area contributed by atoms with Crippen molar-refractivity contribution in [1.82, 2.24) is 4.98 Å². The highest BCUT2D eigenvalue weighted by atomic mass is 19.1. The topological polar surface area (TPSA) is 73.1 Å². The molecular formula is C21H17FN2O2. The highest BCUT2D eigenvalue weighted by molar-refractivity contribution is 6.00. The molecule has 1 atom stereocenters. The Morgan fingerprint density at radius 1 is 0.962 bits per heavy atom. The van der Waals surface area contributed by atoms with Gasteiger partial charge in [0.05, 0.1) is 5.92 Å². The van der Waals surface area contributed by atoms with Crippen molar-refractivity contribution in [3.05, 3.63) is 89.5 Å². The maximum Gasteiger partial charge on any atom is 0.249 e. The first-order chi connectivity index (χ1) is 12.5. The van der Waals surface area contributed by atoms with Crippen molar-refractivity contribution >= 4 is 11.7 Å². The standard InChI is InChI=1S/C21H17FN2O2/c1-13(25)20(15-8-10-24-11-9-15)16-4-7-18(19(12-16)21(23)26)14-2-5-17(22)6-3-14/h2-12,20H,1H3,(H2,23,26). The summed E-state index contributed by atoms with van der Waals surface area (Å²) in [6.07, 6.45) is 3.24. The maximum absolute atomic E-state index is 13.2. The summed E-state index contributed by atoms with van der Waals surface area (Å²) in [4.78, 5) is 28.2. The summed E-state index contributed by atoms with van der Waals surface area (Å²) in [7, 11) is 0. The zero-order valence-corrected chi connectivity index (χ0v) is 14.1. The first-order valence-electron chi connectivity index (χ1n) is 8.07. The molecule has 26 heavy (non-hydrogen) atoms. The van der Waals surface area contributed by atoms with E-state index in [-0.39, 0.29) is 17.2 Å². The molecule has 0 saturated carbocycles. The number of hydrogen-bond acceptors (Lipinski definition) is 3. The van der Waals surface area contributed by atoms with Crippen LogP contribution in [-0.4, -0.2) is 16.7 Å². The molecule has 0 aliphatic heterocycles. The molecule has 4 nitrogen and oxygen atoms in total. The third kappa shape index (κ3) is 3.52. The summed E-state index contributed by atoms with van der Waals surface area (Å²) < 4.78 is 13.2. The molecule has 1 aromatic heterocycles. The Kier molecular flexibility index (Phi) is 4.89. The summed E-state index contributed by atoms with van der Waals surface area (Å²) >= 11 is 0. The zero-order valence-electron chi connectivity index (χ0n) is 14.1. The maximum atomic E-state index is 13.2. The Bertz CT molecular complexity index is 954. The lowest BCUT2D eigenvalue weighted by molar-refractivity contribution is -0.117. The van der Waals surface area contributed by atoms with Crippen molar-refractivity contribution in [1.29, 1.82) is 0 Å². The van der Waals surface area contributed by atoms with Gasteiger partial charge < -0.3 is 5.73 Å². The number of nitrogens with zero attached hydrogens (tertiary/aromatic N) is 1. The van der Waals surface area contributed by atoms with Crippen LogP contribution in [0.25, 0.3) is 11.1 Å². The minimum atomic E-state index is -0.608. The molecule has 2 aromatic carbocycles. The number of halogens is 1. The van der Waals surface area contributed by atoms with Crippen LogP contribution in [0.15, 0.2) is 67.0 Å². The van der Waals surface area contributed by atoms with Gasteiger partial charge in [0.1, 0.15) is 11.6 Å². The summed E-state index contributed by atoms with van der Waals surface area (Å²) in [5.41, 5.74) is 8.57. The van der Waals surface area contributed by atoms with E-state index in [2.05, 4.69) is 4.98 Å². The van der Waals surface area contributed by atoms with E-state index in [9.17, 15) is 14.0 Å². The first-order valence-corrected chi connectivity index (χ1v) is 8.07. The van der Waals surface area contributed by atoms with Crippen molar-refractivity contribution in [3.8, 4) is 11.1 Å². The van der Waals surface area contributed by atoms with E-state index in [1.54, 1.807) is 54.9 Å². The van der Waals surface area contributed by atoms with E-state index in [1.807, 2.05) is 0 Å². The SMILES string of the molecule is CC(=O)C(c1ccncc1)c1ccc(-c2ccc(F)cc2)c(C(N)=O)c1. The molecule has 130 valence electrons. The van der Waals surface area contributed by atoms with Crippen molar-refractivity contribution < 1.29 is 14.0 Å². The van der Waals surface area contributed by atoms with Crippen LogP contribution in [0.1, 0.15) is 34.3 Å². The van der Waals surface area contributed by atoms with E-state index in [0.29, 0.717) is 16.7 Å². The first kappa shape index (κ1) is 17.5. The number of hydrogen-bond donors (Lipinski definition) is 1. The van der Waals surface area contributed by atoms with Crippen LogP contribution in [0.3, 0.4) is 0 Å². The van der Waals surface area contributed by atoms with Gasteiger partial charge in [-0.25, -0.2) is 4.39 Å². The number of ketones is 1. The molecule has 5 heteroatoms. The van der Waals surface area contributed by atoms with Gasteiger partial charge in [0.25, 0.3) is 0 Å². The van der Waals surface area contributed by atoms with Crippen molar-refractivity contribution in [2.45, 2.75) is 12.8 Å². The Balaban J connectivity index is 2.12. The normalized spacial score (nSPS) is 11.8. The minimum Gasteiger partial charge on any atom is -0.366 e. The van der Waals surface area contributed by atoms with Crippen molar-refractivity contribution in [2.75, 3.05) is 0 Å². The number of aromatic nitrogens is 1. The predicted octanol–water partition coefficient (Wildman–Crippen LogP) is 3.71. The molecule has 0 aliphatic carbocycles. The molecule has 1 heterocycles. The Hall–Kier alpha value is -3.34. The molecule has 0 saturated heterocycles. The molecule has 3 rings (SSSR count). The van der Waals surface area contributed by atoms with Gasteiger partial charge in [0.2, 0.25) is 5.91 Å².